The lowest BCUT2D eigenvalue weighted by atomic mass is 9.88. The standard InChI is InChI=1S/C78H128N6O57/c1-19(94)79-37-25(100)7-77(75(119)120,138-61(37)43(104)27(102)9-85)140-65-47(108)31(13-89)127-73(55(65)116)133-58-34(16-92)130-69(40(51(58)112)82-22(4)97)136-63-45(106)29(11-87)125-71(53(63)114)132-57-33(15-91)129-68(39(50(57)111)81-21(3)96)123-18-36-49(110)60(42(67(118)124-36)84-24(6)99)135-72-54(115)64(46(107)30(12-88)126-72)137-70-41(83-23(5)98)52(113)59(35(17-93)131-70)134-74-56(117)66(48(109)32(14-90)128-74)141-78(76(121)122)8-26(101)38(80-20(2)95)62(139-78)44(105)28(103)10-86/h25-74,85-93,100-118H,7-18H2,1-6H3,(H,79,94)(H,80,95)(H,81,96)(H,82,97)(H,83,98)(H,84,99)(H,119,120)(H,121,122)/t25-,26-,27+,28+,29+,30+,31+,32+,33+,34+,35+,36+,37+,38+,39+,40+,41+,42+,43+,44+,45-,46-,47-,48-,49-,50+,51+,52+,53+,54+,55+,56+,57+,58+,59+,60+,61+,62+,63-,64-,65-,66-,67?,68+,69-,70-,71-,72-,73-,74-,77-,78-/m0/s1. The van der Waals surface area contributed by atoms with Crippen molar-refractivity contribution >= 4 is 47.4 Å². The largest absolute Gasteiger partial charge is 0.477 e. The number of aliphatic hydroxyl groups is 28. The lowest BCUT2D eigenvalue weighted by molar-refractivity contribution is -0.390. The molecule has 6 amide bonds. The van der Waals surface area contributed by atoms with E-state index in [1.807, 2.05) is 0 Å². The van der Waals surface area contributed by atoms with Gasteiger partial charge in [-0.3, -0.25) is 28.8 Å². The highest BCUT2D eigenvalue weighted by Crippen LogP contribution is 2.44. The average molecular weight is 2060 g/mol. The second-order valence-electron chi connectivity index (χ2n) is 35.3. The number of carboxylic acids is 2. The van der Waals surface area contributed by atoms with Crippen LogP contribution in [0.4, 0.5) is 0 Å². The third-order valence-electron chi connectivity index (χ3n) is 25.2. The van der Waals surface area contributed by atoms with Crippen LogP contribution in [0.3, 0.4) is 0 Å². The number of amides is 6. The highest BCUT2D eigenvalue weighted by atomic mass is 16.8. The summed E-state index contributed by atoms with van der Waals surface area (Å²) in [7, 11) is 0. The van der Waals surface area contributed by atoms with Gasteiger partial charge in [0.05, 0.1) is 90.4 Å². The second kappa shape index (κ2) is 50.3. The van der Waals surface area contributed by atoms with E-state index in [-0.39, 0.29) is 0 Å². The van der Waals surface area contributed by atoms with Crippen LogP contribution >= 0.6 is 0 Å². The zero-order chi connectivity index (χ0) is 105. The number of carbonyl (C=O) groups is 8. The Kier molecular flexibility index (Phi) is 41.6. The van der Waals surface area contributed by atoms with Gasteiger partial charge in [0.2, 0.25) is 35.4 Å². The highest BCUT2D eigenvalue weighted by molar-refractivity contribution is 5.78. The molecule has 10 aliphatic heterocycles. The van der Waals surface area contributed by atoms with E-state index < -0.39 is 444 Å². The first-order valence-electron chi connectivity index (χ1n) is 44.4. The van der Waals surface area contributed by atoms with Crippen LogP contribution in [0.1, 0.15) is 54.4 Å². The highest BCUT2D eigenvalue weighted by Gasteiger charge is 2.66. The minimum Gasteiger partial charge on any atom is -0.477 e. The van der Waals surface area contributed by atoms with Crippen molar-refractivity contribution in [1.82, 2.24) is 31.9 Å². The molecule has 0 radical (unpaired) electrons. The fourth-order valence-electron chi connectivity index (χ4n) is 18.2. The Morgan fingerprint density at radius 1 is 0.291 bits per heavy atom. The molecule has 36 N–H and O–H groups in total. The first-order valence-corrected chi connectivity index (χ1v) is 44.4. The zero-order valence-electron chi connectivity index (χ0n) is 75.8. The Hall–Kier alpha value is -6.12. The fraction of sp³-hybridized carbons (Fsp3) is 0.897. The lowest BCUT2D eigenvalue weighted by Crippen LogP contribution is -2.71. The summed E-state index contributed by atoms with van der Waals surface area (Å²) in [5, 5.41) is 350. The molecule has 10 fully saturated rings. The van der Waals surface area contributed by atoms with Crippen LogP contribution in [-0.4, -0.2) is 585 Å². The van der Waals surface area contributed by atoms with E-state index in [9.17, 15) is 192 Å². The summed E-state index contributed by atoms with van der Waals surface area (Å²) in [6, 6.07) is -11.4. The zero-order valence-corrected chi connectivity index (χ0v) is 75.8. The van der Waals surface area contributed by atoms with E-state index in [0.717, 1.165) is 41.5 Å². The van der Waals surface area contributed by atoms with Crippen molar-refractivity contribution in [3.8, 4) is 0 Å². The number of aliphatic hydroxyl groups excluding tert-OH is 28. The summed E-state index contributed by atoms with van der Waals surface area (Å²) in [4.78, 5) is 103. The third kappa shape index (κ3) is 26.1. The van der Waals surface area contributed by atoms with Crippen LogP contribution in [-0.2, 0) is 128 Å². The Balaban J connectivity index is 0.825. The SMILES string of the molecule is CC(=O)N[C@H]1[C@H](OC[C@H]2OC(O)[C@H](NC(C)=O)[C@@H](O[C@@H]3O[C@H](CO)[C@H](O)[C@H](O[C@@H]4O[C@H](CO)[C@@H](O[C@@H]5O[C@H](CO)[C@H](O)[C@H](O[C@]6(C(=O)O)C[C@H](O)[C@@H](NC(C)=O)[C@H]([C@H](O)[C@H](O)CO)O6)[C@H]5O)[C@H](O)[C@H]4NC(C)=O)[C@H]3O)[C@H]2O)O[C@H](CO)[C@@H](O[C@@H]2O[C@H](CO)[C@H](O)[C@H](O[C@@H]3O[C@H](CO)[C@@H](O[C@@H]4O[C@H](CO)[C@H](O)[C@H](O[C@]5(C(=O)O)C[C@H](O)[C@@H](NC(C)=O)[C@H]([C@H](O)[C@H](O)CO)O5)[C@H]4O)[C@H](O)[C@H]3NC(C)=O)[C@H]2O)[C@@H]1O. The van der Waals surface area contributed by atoms with Crippen molar-refractivity contribution in [2.24, 2.45) is 0 Å². The Morgan fingerprint density at radius 3 is 0.830 bits per heavy atom. The van der Waals surface area contributed by atoms with Crippen molar-refractivity contribution in [1.29, 1.82) is 0 Å². The van der Waals surface area contributed by atoms with Crippen LogP contribution in [0.25, 0.3) is 0 Å². The summed E-state index contributed by atoms with van der Waals surface area (Å²) in [6.07, 6.45) is -99.3. The molecule has 0 aromatic rings. The van der Waals surface area contributed by atoms with Crippen molar-refractivity contribution < 1.29 is 282 Å². The normalized spacial score (nSPS) is 45.4. The molecule has 0 saturated carbocycles. The van der Waals surface area contributed by atoms with E-state index >= 15 is 0 Å². The molecule has 10 heterocycles. The molecule has 812 valence electrons. The van der Waals surface area contributed by atoms with Crippen LogP contribution in [0.5, 0.6) is 0 Å². The predicted molar refractivity (Wildman–Crippen MR) is 434 cm³/mol. The van der Waals surface area contributed by atoms with Gasteiger partial charge in [-0.25, -0.2) is 9.59 Å². The van der Waals surface area contributed by atoms with Crippen molar-refractivity contribution in [3.05, 3.63) is 0 Å². The second-order valence-corrected chi connectivity index (χ2v) is 35.3. The Labute approximate surface area is 796 Å². The van der Waals surface area contributed by atoms with Gasteiger partial charge >= 0.3 is 11.9 Å². The Morgan fingerprint density at radius 2 is 0.539 bits per heavy atom. The number of rotatable bonds is 40. The lowest BCUT2D eigenvalue weighted by Gasteiger charge is -2.51. The number of ether oxygens (including phenoxy) is 19. The van der Waals surface area contributed by atoms with Gasteiger partial charge in [0.25, 0.3) is 11.6 Å². The molecule has 10 rings (SSSR count). The predicted octanol–water partition coefficient (Wildman–Crippen LogP) is -23.5. The first kappa shape index (κ1) is 117. The number of hydrogen-bond donors (Lipinski definition) is 36. The van der Waals surface area contributed by atoms with Gasteiger partial charge in [-0.2, -0.15) is 0 Å². The van der Waals surface area contributed by atoms with Gasteiger partial charge < -0.3 is 275 Å². The molecule has 141 heavy (non-hydrogen) atoms. The van der Waals surface area contributed by atoms with E-state index in [1.165, 1.54) is 0 Å². The molecule has 63 nitrogen and oxygen atoms in total. The van der Waals surface area contributed by atoms with Crippen LogP contribution in [0.2, 0.25) is 0 Å². The summed E-state index contributed by atoms with van der Waals surface area (Å²) >= 11 is 0. The number of hydrogen-bond acceptors (Lipinski definition) is 55. The fourth-order valence-corrected chi connectivity index (χ4v) is 18.2. The van der Waals surface area contributed by atoms with Crippen LogP contribution in [0.15, 0.2) is 0 Å². The van der Waals surface area contributed by atoms with E-state index in [4.69, 9.17) is 90.0 Å². The molecular formula is C78H128N6O57. The number of aliphatic carboxylic acids is 2. The van der Waals surface area contributed by atoms with Crippen LogP contribution < -0.4 is 31.9 Å². The van der Waals surface area contributed by atoms with Gasteiger partial charge in [-0.15, -0.1) is 0 Å². The Bertz CT molecular complexity index is 4060. The van der Waals surface area contributed by atoms with Crippen LogP contribution in [0, 0.1) is 0 Å². The van der Waals surface area contributed by atoms with E-state index in [2.05, 4.69) is 31.9 Å². The molecular weight excluding hydrogens is 1930 g/mol. The number of carbonyl (C=O) groups excluding carboxylic acids is 6. The maximum atomic E-state index is 13.2. The summed E-state index contributed by atoms with van der Waals surface area (Å²) in [6.45, 7) is -6.42. The van der Waals surface area contributed by atoms with Gasteiger partial charge in [0, 0.05) is 54.4 Å². The number of carboxylic acid groups (broad SMARTS) is 2. The molecule has 0 spiro atoms. The molecule has 1 unspecified atom stereocenters. The van der Waals surface area contributed by atoms with Gasteiger partial charge in [-0.05, 0) is 0 Å². The maximum absolute atomic E-state index is 13.2. The smallest absolute Gasteiger partial charge is 0.364 e. The average Bonchev–Trinajstić information content (AvgIpc) is 0.747. The molecule has 0 aromatic heterocycles. The van der Waals surface area contributed by atoms with Gasteiger partial charge in [0.15, 0.2) is 50.3 Å². The molecule has 10 saturated heterocycles. The molecule has 10 aliphatic rings. The first-order chi connectivity index (χ1) is 66.4. The van der Waals surface area contributed by atoms with Gasteiger partial charge in [0.1, 0.15) is 232 Å². The quantitative estimate of drug-likeness (QED) is 0.0271. The van der Waals surface area contributed by atoms with Gasteiger partial charge in [-0.1, -0.05) is 0 Å². The molecule has 0 bridgehead atoms. The minimum atomic E-state index is -3.29. The minimum absolute atomic E-state index is 0.874. The number of nitrogens with one attached hydrogen (secondary N) is 6. The molecule has 63 heteroatoms. The monoisotopic (exact) mass is 2060 g/mol. The topological polar surface area (TPSA) is 991 Å². The summed E-state index contributed by atoms with van der Waals surface area (Å²) < 4.78 is 111. The summed E-state index contributed by atoms with van der Waals surface area (Å²) in [5.41, 5.74) is 0. The molecule has 0 aliphatic carbocycles. The van der Waals surface area contributed by atoms with Crippen molar-refractivity contribution in [3.63, 3.8) is 0 Å². The van der Waals surface area contributed by atoms with Crippen molar-refractivity contribution in [2.45, 2.75) is 372 Å². The molecule has 0 aromatic carbocycles. The summed E-state index contributed by atoms with van der Waals surface area (Å²) in [5.74, 6) is -16.6. The third-order valence-corrected chi connectivity index (χ3v) is 25.2. The van der Waals surface area contributed by atoms with E-state index in [0.29, 0.717) is 0 Å². The van der Waals surface area contributed by atoms with E-state index in [1.54, 1.807) is 0 Å². The maximum Gasteiger partial charge on any atom is 0.364 e. The molecule has 52 atom stereocenters. The van der Waals surface area contributed by atoms with Crippen molar-refractivity contribution in [2.75, 3.05) is 66.1 Å².